The molecule has 0 aliphatic heterocycles. The van der Waals surface area contributed by atoms with Crippen LogP contribution >= 0.6 is 11.3 Å². The van der Waals surface area contributed by atoms with Gasteiger partial charge in [0.05, 0.1) is 24.2 Å². The predicted molar refractivity (Wildman–Crippen MR) is 132 cm³/mol. The van der Waals surface area contributed by atoms with Crippen molar-refractivity contribution in [3.8, 4) is 11.3 Å². The quantitative estimate of drug-likeness (QED) is 0.327. The molecule has 0 radical (unpaired) electrons. The summed E-state index contributed by atoms with van der Waals surface area (Å²) >= 11 is 1.44. The second-order valence-electron chi connectivity index (χ2n) is 7.38. The molecule has 2 heterocycles. The molecule has 3 aromatic carbocycles. The molecule has 33 heavy (non-hydrogen) atoms. The summed E-state index contributed by atoms with van der Waals surface area (Å²) in [5.74, 6) is -0.0323. The minimum atomic E-state index is -0.295. The van der Waals surface area contributed by atoms with E-state index >= 15 is 0 Å². The number of thiazole rings is 1. The first kappa shape index (κ1) is 20.7. The van der Waals surface area contributed by atoms with E-state index in [2.05, 4.69) is 22.0 Å². The van der Waals surface area contributed by atoms with E-state index in [9.17, 15) is 4.79 Å². The van der Waals surface area contributed by atoms with Crippen LogP contribution in [0.3, 0.4) is 0 Å². The van der Waals surface area contributed by atoms with Crippen molar-refractivity contribution in [2.24, 2.45) is 4.99 Å². The first-order chi connectivity index (χ1) is 16.3. The van der Waals surface area contributed by atoms with E-state index in [0.717, 1.165) is 27.3 Å². The van der Waals surface area contributed by atoms with Crippen LogP contribution in [0.25, 0.3) is 11.3 Å². The maximum atomic E-state index is 12.9. The lowest BCUT2D eigenvalue weighted by Crippen LogP contribution is -2.17. The highest BCUT2D eigenvalue weighted by atomic mass is 32.1. The Hall–Kier alpha value is -4.16. The molecule has 0 saturated carbocycles. The van der Waals surface area contributed by atoms with Crippen molar-refractivity contribution in [1.29, 1.82) is 0 Å². The van der Waals surface area contributed by atoms with E-state index in [0.29, 0.717) is 11.5 Å². The number of amides is 1. The van der Waals surface area contributed by atoms with Gasteiger partial charge in [-0.05, 0) is 29.8 Å². The standard InChI is InChI=1S/C27H21N3O2S/c31-25(23-17-10-18-32-23)29-26-24(21-13-6-2-7-14-21)30(19-20-11-4-1-5-12-20)27(33-26)28-22-15-8-3-9-16-22/h1-18H,19H2,(H,29,31). The monoisotopic (exact) mass is 451 g/mol. The summed E-state index contributed by atoms with van der Waals surface area (Å²) in [6.45, 7) is 0.615. The molecule has 0 aliphatic carbocycles. The fourth-order valence-corrected chi connectivity index (χ4v) is 4.63. The summed E-state index contributed by atoms with van der Waals surface area (Å²) in [6.07, 6.45) is 1.49. The molecule has 1 amide bonds. The summed E-state index contributed by atoms with van der Waals surface area (Å²) in [4.78, 5) is 18.6. The molecule has 1 N–H and O–H groups in total. The third-order valence-electron chi connectivity index (χ3n) is 5.09. The summed E-state index contributed by atoms with van der Waals surface area (Å²) in [5, 5.41) is 3.76. The highest BCUT2D eigenvalue weighted by Crippen LogP contribution is 2.32. The molecule has 162 valence electrons. The SMILES string of the molecule is O=C(Nc1sc(=Nc2ccccc2)n(Cc2ccccc2)c1-c1ccccc1)c1ccco1. The van der Waals surface area contributed by atoms with Gasteiger partial charge in [0.25, 0.3) is 5.91 Å². The Bertz CT molecular complexity index is 1410. The number of nitrogens with one attached hydrogen (secondary N) is 1. The van der Waals surface area contributed by atoms with Crippen LogP contribution in [0.4, 0.5) is 10.7 Å². The Labute approximate surface area is 195 Å². The number of carbonyl (C=O) groups is 1. The van der Waals surface area contributed by atoms with Crippen LogP contribution in [0.1, 0.15) is 16.1 Å². The number of anilines is 1. The van der Waals surface area contributed by atoms with Crippen molar-refractivity contribution in [3.63, 3.8) is 0 Å². The highest BCUT2D eigenvalue weighted by molar-refractivity contribution is 7.14. The molecule has 0 spiro atoms. The Kier molecular flexibility index (Phi) is 5.99. The van der Waals surface area contributed by atoms with E-state index in [-0.39, 0.29) is 11.7 Å². The molecule has 0 bridgehead atoms. The summed E-state index contributed by atoms with van der Waals surface area (Å²) in [7, 11) is 0. The molecule has 0 aliphatic rings. The summed E-state index contributed by atoms with van der Waals surface area (Å²) < 4.78 is 7.46. The number of rotatable bonds is 6. The molecule has 6 heteroatoms. The average Bonchev–Trinajstić information content (AvgIpc) is 3.50. The van der Waals surface area contributed by atoms with Gasteiger partial charge in [-0.2, -0.15) is 0 Å². The van der Waals surface area contributed by atoms with Crippen molar-refractivity contribution in [2.45, 2.75) is 6.54 Å². The molecule has 0 unspecified atom stereocenters. The normalized spacial score (nSPS) is 11.5. The maximum absolute atomic E-state index is 12.9. The van der Waals surface area contributed by atoms with Crippen LogP contribution in [0.15, 0.2) is 119 Å². The van der Waals surface area contributed by atoms with Gasteiger partial charge in [-0.1, -0.05) is 90.2 Å². The lowest BCUT2D eigenvalue weighted by Gasteiger charge is -2.12. The average molecular weight is 452 g/mol. The molecule has 5 nitrogen and oxygen atoms in total. The zero-order chi connectivity index (χ0) is 22.5. The van der Waals surface area contributed by atoms with Gasteiger partial charge in [-0.25, -0.2) is 4.99 Å². The first-order valence-electron chi connectivity index (χ1n) is 10.6. The number of hydrogen-bond acceptors (Lipinski definition) is 4. The fraction of sp³-hybridized carbons (Fsp3) is 0.0370. The van der Waals surface area contributed by atoms with Gasteiger partial charge in [0, 0.05) is 5.56 Å². The van der Waals surface area contributed by atoms with Gasteiger partial charge < -0.3 is 14.3 Å². The van der Waals surface area contributed by atoms with Gasteiger partial charge in [-0.3, -0.25) is 4.79 Å². The van der Waals surface area contributed by atoms with Gasteiger partial charge in [0.15, 0.2) is 10.6 Å². The van der Waals surface area contributed by atoms with Gasteiger partial charge in [0.1, 0.15) is 5.00 Å². The minimum Gasteiger partial charge on any atom is -0.459 e. The van der Waals surface area contributed by atoms with E-state index in [1.165, 1.54) is 17.6 Å². The highest BCUT2D eigenvalue weighted by Gasteiger charge is 2.19. The second kappa shape index (κ2) is 9.54. The Morgan fingerprint density at radius 1 is 0.848 bits per heavy atom. The summed E-state index contributed by atoms with van der Waals surface area (Å²) in [6, 6.07) is 33.5. The summed E-state index contributed by atoms with van der Waals surface area (Å²) in [5.41, 5.74) is 3.89. The molecule has 0 fully saturated rings. The minimum absolute atomic E-state index is 0.263. The third kappa shape index (κ3) is 4.71. The molecular formula is C27H21N3O2S. The number of benzene rings is 3. The first-order valence-corrected chi connectivity index (χ1v) is 11.4. The predicted octanol–water partition coefficient (Wildman–Crippen LogP) is 6.34. The molecule has 2 aromatic heterocycles. The molecule has 5 rings (SSSR count). The van der Waals surface area contributed by atoms with Crippen LogP contribution in [-0.4, -0.2) is 10.5 Å². The van der Waals surface area contributed by atoms with Crippen molar-refractivity contribution in [3.05, 3.63) is 126 Å². The number of carbonyl (C=O) groups excluding carboxylic acids is 1. The van der Waals surface area contributed by atoms with E-state index in [1.54, 1.807) is 12.1 Å². The van der Waals surface area contributed by atoms with Crippen molar-refractivity contribution >= 4 is 27.9 Å². The van der Waals surface area contributed by atoms with Gasteiger partial charge in [-0.15, -0.1) is 0 Å². The lowest BCUT2D eigenvalue weighted by atomic mass is 10.1. The van der Waals surface area contributed by atoms with Crippen molar-refractivity contribution in [2.75, 3.05) is 5.32 Å². The maximum Gasteiger partial charge on any atom is 0.292 e. The topological polar surface area (TPSA) is 59.5 Å². The van der Waals surface area contributed by atoms with Crippen LogP contribution in [-0.2, 0) is 6.54 Å². The van der Waals surface area contributed by atoms with E-state index in [4.69, 9.17) is 9.41 Å². The largest absolute Gasteiger partial charge is 0.459 e. The Morgan fingerprint density at radius 2 is 1.52 bits per heavy atom. The fourth-order valence-electron chi connectivity index (χ4n) is 3.56. The number of aromatic nitrogens is 1. The lowest BCUT2D eigenvalue weighted by molar-refractivity contribution is 0.0997. The number of nitrogens with zero attached hydrogens (tertiary/aromatic N) is 2. The van der Waals surface area contributed by atoms with E-state index < -0.39 is 0 Å². The number of hydrogen-bond donors (Lipinski definition) is 1. The Balaban J connectivity index is 1.70. The molecular weight excluding hydrogens is 430 g/mol. The zero-order valence-corrected chi connectivity index (χ0v) is 18.5. The molecule has 5 aromatic rings. The molecule has 0 atom stereocenters. The zero-order valence-electron chi connectivity index (χ0n) is 17.7. The Morgan fingerprint density at radius 3 is 2.18 bits per heavy atom. The third-order valence-corrected chi connectivity index (χ3v) is 6.09. The van der Waals surface area contributed by atoms with Gasteiger partial charge >= 0.3 is 0 Å². The van der Waals surface area contributed by atoms with Crippen LogP contribution in [0.5, 0.6) is 0 Å². The smallest absolute Gasteiger partial charge is 0.292 e. The van der Waals surface area contributed by atoms with E-state index in [1.807, 2.05) is 78.9 Å². The number of furan rings is 1. The van der Waals surface area contributed by atoms with Crippen LogP contribution < -0.4 is 10.1 Å². The number of para-hydroxylation sites is 1. The second-order valence-corrected chi connectivity index (χ2v) is 8.36. The van der Waals surface area contributed by atoms with Crippen LogP contribution in [0.2, 0.25) is 0 Å². The van der Waals surface area contributed by atoms with Crippen molar-refractivity contribution < 1.29 is 9.21 Å². The molecule has 0 saturated heterocycles. The van der Waals surface area contributed by atoms with Crippen molar-refractivity contribution in [1.82, 2.24) is 4.57 Å². The van der Waals surface area contributed by atoms with Crippen LogP contribution in [0, 0.1) is 0 Å². The van der Waals surface area contributed by atoms with Gasteiger partial charge in [0.2, 0.25) is 0 Å².